The monoisotopic (exact) mass is 239 g/mol. The predicted molar refractivity (Wildman–Crippen MR) is 75.2 cm³/mol. The summed E-state index contributed by atoms with van der Waals surface area (Å²) in [6.07, 6.45) is 4.16. The number of hydrogen-bond donors (Lipinski definition) is 1. The molecule has 2 heterocycles. The number of aryl methyl sites for hydroxylation is 2. The van der Waals surface area contributed by atoms with Crippen molar-refractivity contribution < 1.29 is 0 Å². The molecule has 3 heteroatoms. The number of rotatable bonds is 1. The van der Waals surface area contributed by atoms with Gasteiger partial charge in [0, 0.05) is 18.4 Å². The number of anilines is 3. The van der Waals surface area contributed by atoms with E-state index in [0.717, 1.165) is 36.5 Å². The van der Waals surface area contributed by atoms with Crippen molar-refractivity contribution in [2.45, 2.75) is 19.8 Å². The fraction of sp³-hybridized carbons (Fsp3) is 0.267. The lowest BCUT2D eigenvalue weighted by molar-refractivity contribution is 0.760. The summed E-state index contributed by atoms with van der Waals surface area (Å²) >= 11 is 0. The van der Waals surface area contributed by atoms with Crippen LogP contribution in [0.3, 0.4) is 0 Å². The van der Waals surface area contributed by atoms with Crippen LogP contribution in [0.15, 0.2) is 36.5 Å². The zero-order valence-corrected chi connectivity index (χ0v) is 10.6. The van der Waals surface area contributed by atoms with Crippen LogP contribution in [0.2, 0.25) is 0 Å². The van der Waals surface area contributed by atoms with Crippen LogP contribution >= 0.6 is 0 Å². The summed E-state index contributed by atoms with van der Waals surface area (Å²) in [7, 11) is 0. The van der Waals surface area contributed by atoms with Crippen LogP contribution in [0.1, 0.15) is 17.5 Å². The first-order valence-electron chi connectivity index (χ1n) is 6.33. The second-order valence-electron chi connectivity index (χ2n) is 4.81. The standard InChI is InChI=1S/C15H17N3/c1-11-9-13(16)15(17-10-11)18-8-4-6-12-5-2-3-7-14(12)18/h2-3,5,7,9-10H,4,6,8,16H2,1H3. The molecule has 1 aromatic heterocycles. The summed E-state index contributed by atoms with van der Waals surface area (Å²) < 4.78 is 0. The Morgan fingerprint density at radius 2 is 2.11 bits per heavy atom. The highest BCUT2D eigenvalue weighted by molar-refractivity contribution is 5.74. The van der Waals surface area contributed by atoms with Gasteiger partial charge < -0.3 is 10.6 Å². The molecule has 0 saturated heterocycles. The molecule has 2 N–H and O–H groups in total. The molecular formula is C15H17N3. The number of para-hydroxylation sites is 1. The van der Waals surface area contributed by atoms with Gasteiger partial charge in [0.25, 0.3) is 0 Å². The van der Waals surface area contributed by atoms with E-state index in [1.165, 1.54) is 11.3 Å². The second-order valence-corrected chi connectivity index (χ2v) is 4.81. The lowest BCUT2D eigenvalue weighted by Crippen LogP contribution is -2.26. The minimum absolute atomic E-state index is 0.756. The van der Waals surface area contributed by atoms with Crippen molar-refractivity contribution >= 4 is 17.2 Å². The predicted octanol–water partition coefficient (Wildman–Crippen LogP) is 3.06. The van der Waals surface area contributed by atoms with Crippen LogP contribution < -0.4 is 10.6 Å². The third kappa shape index (κ3) is 1.82. The van der Waals surface area contributed by atoms with E-state index in [-0.39, 0.29) is 0 Å². The third-order valence-corrected chi connectivity index (χ3v) is 3.40. The minimum atomic E-state index is 0.756. The number of benzene rings is 1. The van der Waals surface area contributed by atoms with Crippen molar-refractivity contribution in [2.75, 3.05) is 17.2 Å². The molecule has 0 aliphatic carbocycles. The summed E-state index contributed by atoms with van der Waals surface area (Å²) in [4.78, 5) is 6.73. The van der Waals surface area contributed by atoms with Crippen LogP contribution in [0.25, 0.3) is 0 Å². The number of nitrogen functional groups attached to an aromatic ring is 1. The van der Waals surface area contributed by atoms with Gasteiger partial charge in [0.2, 0.25) is 0 Å². The first-order chi connectivity index (χ1) is 8.75. The van der Waals surface area contributed by atoms with E-state index in [2.05, 4.69) is 34.1 Å². The number of fused-ring (bicyclic) bond motifs is 1. The average molecular weight is 239 g/mol. The molecule has 92 valence electrons. The lowest BCUT2D eigenvalue weighted by atomic mass is 10.0. The number of nitrogens with two attached hydrogens (primary N) is 1. The molecule has 0 saturated carbocycles. The number of pyridine rings is 1. The van der Waals surface area contributed by atoms with Crippen LogP contribution in [0, 0.1) is 6.92 Å². The minimum Gasteiger partial charge on any atom is -0.396 e. The highest BCUT2D eigenvalue weighted by Crippen LogP contribution is 2.34. The van der Waals surface area contributed by atoms with Gasteiger partial charge >= 0.3 is 0 Å². The Kier molecular flexibility index (Phi) is 2.67. The van der Waals surface area contributed by atoms with Crippen LogP contribution in [0.4, 0.5) is 17.2 Å². The van der Waals surface area contributed by atoms with E-state index in [9.17, 15) is 0 Å². The molecule has 0 radical (unpaired) electrons. The van der Waals surface area contributed by atoms with Gasteiger partial charge in [-0.1, -0.05) is 18.2 Å². The van der Waals surface area contributed by atoms with Crippen LogP contribution in [-0.2, 0) is 6.42 Å². The summed E-state index contributed by atoms with van der Waals surface area (Å²) in [5.74, 6) is 0.882. The molecule has 18 heavy (non-hydrogen) atoms. The molecule has 0 amide bonds. The van der Waals surface area contributed by atoms with Crippen molar-refractivity contribution in [3.63, 3.8) is 0 Å². The Balaban J connectivity index is 2.08. The van der Waals surface area contributed by atoms with Gasteiger partial charge in [0.15, 0.2) is 5.82 Å². The highest BCUT2D eigenvalue weighted by atomic mass is 15.2. The zero-order valence-electron chi connectivity index (χ0n) is 10.6. The molecule has 0 unspecified atom stereocenters. The van der Waals surface area contributed by atoms with E-state index in [4.69, 9.17) is 5.73 Å². The Morgan fingerprint density at radius 1 is 1.28 bits per heavy atom. The second kappa shape index (κ2) is 4.33. The molecule has 0 fully saturated rings. The largest absolute Gasteiger partial charge is 0.396 e. The maximum atomic E-state index is 6.11. The van der Waals surface area contributed by atoms with Crippen molar-refractivity contribution in [1.29, 1.82) is 0 Å². The smallest absolute Gasteiger partial charge is 0.156 e. The Labute approximate surface area is 107 Å². The zero-order chi connectivity index (χ0) is 12.5. The van der Waals surface area contributed by atoms with E-state index < -0.39 is 0 Å². The third-order valence-electron chi connectivity index (χ3n) is 3.40. The Bertz CT molecular complexity index is 578. The maximum Gasteiger partial charge on any atom is 0.156 e. The van der Waals surface area contributed by atoms with Crippen molar-refractivity contribution in [3.8, 4) is 0 Å². The van der Waals surface area contributed by atoms with E-state index >= 15 is 0 Å². The van der Waals surface area contributed by atoms with Crippen LogP contribution in [0.5, 0.6) is 0 Å². The highest BCUT2D eigenvalue weighted by Gasteiger charge is 2.20. The van der Waals surface area contributed by atoms with Crippen molar-refractivity contribution in [1.82, 2.24) is 4.98 Å². The van der Waals surface area contributed by atoms with Gasteiger partial charge in [0.05, 0.1) is 5.69 Å². The average Bonchev–Trinajstić information content (AvgIpc) is 2.38. The van der Waals surface area contributed by atoms with Gasteiger partial charge in [-0.05, 0) is 43.0 Å². The molecule has 3 nitrogen and oxygen atoms in total. The Hall–Kier alpha value is -2.03. The van der Waals surface area contributed by atoms with E-state index in [1.807, 2.05) is 19.2 Å². The van der Waals surface area contributed by atoms with Crippen LogP contribution in [-0.4, -0.2) is 11.5 Å². The first kappa shape index (κ1) is 11.1. The van der Waals surface area contributed by atoms with Gasteiger partial charge in [-0.2, -0.15) is 0 Å². The number of nitrogens with zero attached hydrogens (tertiary/aromatic N) is 2. The van der Waals surface area contributed by atoms with Crippen molar-refractivity contribution in [2.24, 2.45) is 0 Å². The van der Waals surface area contributed by atoms with Crippen molar-refractivity contribution in [3.05, 3.63) is 47.7 Å². The lowest BCUT2D eigenvalue weighted by Gasteiger charge is -2.31. The van der Waals surface area contributed by atoms with E-state index in [0.29, 0.717) is 0 Å². The summed E-state index contributed by atoms with van der Waals surface area (Å²) in [6.45, 7) is 2.99. The molecule has 0 atom stereocenters. The topological polar surface area (TPSA) is 42.2 Å². The molecule has 0 bridgehead atoms. The molecule has 1 aliphatic rings. The fourth-order valence-corrected chi connectivity index (χ4v) is 2.56. The number of aromatic nitrogens is 1. The molecule has 1 aromatic carbocycles. The molecule has 0 spiro atoms. The van der Waals surface area contributed by atoms with Gasteiger partial charge in [0.1, 0.15) is 0 Å². The molecular weight excluding hydrogens is 222 g/mol. The normalized spacial score (nSPS) is 14.4. The van der Waals surface area contributed by atoms with E-state index in [1.54, 1.807) is 0 Å². The van der Waals surface area contributed by atoms with Gasteiger partial charge in [-0.25, -0.2) is 4.98 Å². The van der Waals surface area contributed by atoms with Gasteiger partial charge in [-0.15, -0.1) is 0 Å². The molecule has 3 rings (SSSR count). The Morgan fingerprint density at radius 3 is 2.94 bits per heavy atom. The quantitative estimate of drug-likeness (QED) is 0.831. The number of hydrogen-bond acceptors (Lipinski definition) is 3. The summed E-state index contributed by atoms with van der Waals surface area (Å²) in [6, 6.07) is 10.5. The fourth-order valence-electron chi connectivity index (χ4n) is 2.56. The summed E-state index contributed by atoms with van der Waals surface area (Å²) in [5, 5.41) is 0. The maximum absolute atomic E-state index is 6.11. The molecule has 2 aromatic rings. The summed E-state index contributed by atoms with van der Waals surface area (Å²) in [5.41, 5.74) is 10.6. The first-order valence-corrected chi connectivity index (χ1v) is 6.33. The van der Waals surface area contributed by atoms with Gasteiger partial charge in [-0.3, -0.25) is 0 Å². The SMILES string of the molecule is Cc1cnc(N2CCCc3ccccc32)c(N)c1. The molecule has 1 aliphatic heterocycles.